The Labute approximate surface area is 130 Å². The molecule has 0 fully saturated rings. The van der Waals surface area contributed by atoms with E-state index >= 15 is 0 Å². The first kappa shape index (κ1) is 14.2. The predicted molar refractivity (Wildman–Crippen MR) is 90.1 cm³/mol. The van der Waals surface area contributed by atoms with Crippen molar-refractivity contribution in [2.75, 3.05) is 0 Å². The fourth-order valence-electron chi connectivity index (χ4n) is 2.80. The van der Waals surface area contributed by atoms with Crippen molar-refractivity contribution in [2.45, 2.75) is 13.8 Å². The fraction of sp³-hybridized carbons (Fsp3) is 0.100. The van der Waals surface area contributed by atoms with Gasteiger partial charge >= 0.3 is 0 Å². The van der Waals surface area contributed by atoms with Gasteiger partial charge in [-0.05, 0) is 48.2 Å². The summed E-state index contributed by atoms with van der Waals surface area (Å²) in [6.07, 6.45) is 0. The minimum atomic E-state index is 0.278. The number of phenols is 2. The Hall–Kier alpha value is -2.74. The van der Waals surface area contributed by atoms with E-state index in [1.807, 2.05) is 50.2 Å². The van der Waals surface area contributed by atoms with Crippen LogP contribution in [0.2, 0.25) is 0 Å². The third-order valence-corrected chi connectivity index (χ3v) is 3.96. The number of rotatable bonds is 2. The van der Waals surface area contributed by atoms with Gasteiger partial charge in [-0.2, -0.15) is 0 Å². The summed E-state index contributed by atoms with van der Waals surface area (Å²) in [6, 6.07) is 18.8. The van der Waals surface area contributed by atoms with Crippen molar-refractivity contribution in [3.63, 3.8) is 0 Å². The van der Waals surface area contributed by atoms with E-state index in [2.05, 4.69) is 12.1 Å². The first-order valence-corrected chi connectivity index (χ1v) is 7.26. The minimum absolute atomic E-state index is 0.278. The van der Waals surface area contributed by atoms with Crippen LogP contribution in [-0.2, 0) is 0 Å². The summed E-state index contributed by atoms with van der Waals surface area (Å²) in [6.45, 7) is 4.04. The zero-order chi connectivity index (χ0) is 15.7. The second-order valence-electron chi connectivity index (χ2n) is 5.52. The number of hydrogen-bond donors (Lipinski definition) is 2. The molecule has 0 saturated carbocycles. The van der Waals surface area contributed by atoms with Crippen LogP contribution in [0, 0.1) is 13.8 Å². The van der Waals surface area contributed by atoms with Crippen molar-refractivity contribution in [3.05, 3.63) is 71.8 Å². The fourth-order valence-corrected chi connectivity index (χ4v) is 2.80. The molecule has 0 unspecified atom stereocenters. The van der Waals surface area contributed by atoms with Crippen molar-refractivity contribution in [1.82, 2.24) is 0 Å². The highest BCUT2D eigenvalue weighted by Crippen LogP contribution is 2.37. The SMILES string of the molecule is Cc1cc(-c2ccccc2O)c(C)cc1-c1ccccc1O. The number of hydrogen-bond acceptors (Lipinski definition) is 2. The normalized spacial score (nSPS) is 10.6. The number of para-hydroxylation sites is 2. The summed E-state index contributed by atoms with van der Waals surface area (Å²) in [5.74, 6) is 0.556. The van der Waals surface area contributed by atoms with Gasteiger partial charge in [0.25, 0.3) is 0 Å². The second-order valence-corrected chi connectivity index (χ2v) is 5.52. The van der Waals surface area contributed by atoms with Crippen molar-refractivity contribution >= 4 is 0 Å². The lowest BCUT2D eigenvalue weighted by atomic mass is 9.91. The van der Waals surface area contributed by atoms with Gasteiger partial charge in [0.1, 0.15) is 11.5 Å². The van der Waals surface area contributed by atoms with E-state index in [1.54, 1.807) is 12.1 Å². The molecule has 2 N–H and O–H groups in total. The van der Waals surface area contributed by atoms with Gasteiger partial charge in [-0.25, -0.2) is 0 Å². The maximum absolute atomic E-state index is 10.1. The highest BCUT2D eigenvalue weighted by atomic mass is 16.3. The topological polar surface area (TPSA) is 40.5 Å². The molecule has 0 amide bonds. The molecule has 3 rings (SSSR count). The molecule has 0 atom stereocenters. The number of aromatic hydroxyl groups is 2. The van der Waals surface area contributed by atoms with E-state index in [4.69, 9.17) is 0 Å². The molecule has 110 valence electrons. The molecule has 22 heavy (non-hydrogen) atoms. The standard InChI is InChI=1S/C20H18O2/c1-13-11-18(16-8-4-6-10-20(16)22)14(2)12-17(13)15-7-3-5-9-19(15)21/h3-12,21-22H,1-2H3. The van der Waals surface area contributed by atoms with Gasteiger partial charge < -0.3 is 10.2 Å². The Bertz CT molecular complexity index is 764. The Kier molecular flexibility index (Phi) is 3.60. The summed E-state index contributed by atoms with van der Waals surface area (Å²) in [7, 11) is 0. The Morgan fingerprint density at radius 3 is 1.27 bits per heavy atom. The highest BCUT2D eigenvalue weighted by Gasteiger charge is 2.12. The third-order valence-electron chi connectivity index (χ3n) is 3.96. The molecule has 0 aliphatic carbocycles. The van der Waals surface area contributed by atoms with Gasteiger partial charge in [-0.1, -0.05) is 48.5 Å². The van der Waals surface area contributed by atoms with Crippen LogP contribution in [0.25, 0.3) is 22.3 Å². The Balaban J connectivity index is 2.18. The van der Waals surface area contributed by atoms with E-state index in [0.717, 1.165) is 33.4 Å². The zero-order valence-corrected chi connectivity index (χ0v) is 12.7. The largest absolute Gasteiger partial charge is 0.507 e. The number of aryl methyl sites for hydroxylation is 2. The number of phenolic OH excluding ortho intramolecular Hbond substituents is 2. The molecular formula is C20H18O2. The first-order chi connectivity index (χ1) is 10.6. The molecule has 3 aromatic carbocycles. The van der Waals surface area contributed by atoms with Crippen LogP contribution < -0.4 is 0 Å². The van der Waals surface area contributed by atoms with E-state index in [0.29, 0.717) is 0 Å². The third kappa shape index (κ3) is 2.44. The molecule has 0 radical (unpaired) electrons. The summed E-state index contributed by atoms with van der Waals surface area (Å²) < 4.78 is 0. The van der Waals surface area contributed by atoms with E-state index in [-0.39, 0.29) is 11.5 Å². The van der Waals surface area contributed by atoms with Crippen molar-refractivity contribution in [3.8, 4) is 33.8 Å². The molecule has 0 saturated heterocycles. The highest BCUT2D eigenvalue weighted by molar-refractivity contribution is 5.80. The lowest BCUT2D eigenvalue weighted by molar-refractivity contribution is 0.476. The summed E-state index contributed by atoms with van der Waals surface area (Å²) in [5.41, 5.74) is 5.79. The van der Waals surface area contributed by atoms with Gasteiger partial charge in [-0.15, -0.1) is 0 Å². The molecule has 3 aromatic rings. The second kappa shape index (κ2) is 5.57. The molecule has 0 aliphatic rings. The van der Waals surface area contributed by atoms with Gasteiger partial charge in [-0.3, -0.25) is 0 Å². The van der Waals surface area contributed by atoms with Crippen LogP contribution in [0.15, 0.2) is 60.7 Å². The van der Waals surface area contributed by atoms with Crippen molar-refractivity contribution < 1.29 is 10.2 Å². The Morgan fingerprint density at radius 1 is 0.545 bits per heavy atom. The monoisotopic (exact) mass is 290 g/mol. The summed E-state index contributed by atoms with van der Waals surface area (Å²) >= 11 is 0. The van der Waals surface area contributed by atoms with Gasteiger partial charge in [0.05, 0.1) is 0 Å². The molecule has 0 heterocycles. The lowest BCUT2D eigenvalue weighted by Gasteiger charge is -2.14. The maximum Gasteiger partial charge on any atom is 0.123 e. The van der Waals surface area contributed by atoms with Crippen LogP contribution in [-0.4, -0.2) is 10.2 Å². The average Bonchev–Trinajstić information content (AvgIpc) is 2.51. The smallest absolute Gasteiger partial charge is 0.123 e. The Morgan fingerprint density at radius 2 is 0.909 bits per heavy atom. The quantitative estimate of drug-likeness (QED) is 0.693. The molecule has 0 spiro atoms. The van der Waals surface area contributed by atoms with Crippen LogP contribution >= 0.6 is 0 Å². The van der Waals surface area contributed by atoms with Crippen LogP contribution in [0.4, 0.5) is 0 Å². The van der Waals surface area contributed by atoms with Crippen LogP contribution in [0.1, 0.15) is 11.1 Å². The number of benzene rings is 3. The molecule has 0 aromatic heterocycles. The van der Waals surface area contributed by atoms with E-state index < -0.39 is 0 Å². The van der Waals surface area contributed by atoms with Crippen LogP contribution in [0.5, 0.6) is 11.5 Å². The molecule has 0 bridgehead atoms. The van der Waals surface area contributed by atoms with Crippen molar-refractivity contribution in [1.29, 1.82) is 0 Å². The molecule has 2 nitrogen and oxygen atoms in total. The minimum Gasteiger partial charge on any atom is -0.507 e. The van der Waals surface area contributed by atoms with Crippen LogP contribution in [0.3, 0.4) is 0 Å². The summed E-state index contributed by atoms with van der Waals surface area (Å²) in [5, 5.41) is 20.1. The molecular weight excluding hydrogens is 272 g/mol. The van der Waals surface area contributed by atoms with Crippen molar-refractivity contribution in [2.24, 2.45) is 0 Å². The molecule has 0 aliphatic heterocycles. The van der Waals surface area contributed by atoms with E-state index in [1.165, 1.54) is 0 Å². The zero-order valence-electron chi connectivity index (χ0n) is 12.7. The van der Waals surface area contributed by atoms with Gasteiger partial charge in [0.2, 0.25) is 0 Å². The van der Waals surface area contributed by atoms with Gasteiger partial charge in [0, 0.05) is 11.1 Å². The average molecular weight is 290 g/mol. The maximum atomic E-state index is 10.1. The molecule has 2 heteroatoms. The first-order valence-electron chi connectivity index (χ1n) is 7.26. The lowest BCUT2D eigenvalue weighted by Crippen LogP contribution is -1.90. The van der Waals surface area contributed by atoms with Gasteiger partial charge in [0.15, 0.2) is 0 Å². The summed E-state index contributed by atoms with van der Waals surface area (Å²) in [4.78, 5) is 0. The predicted octanol–water partition coefficient (Wildman–Crippen LogP) is 5.05. The van der Waals surface area contributed by atoms with E-state index in [9.17, 15) is 10.2 Å².